The first-order valence-corrected chi connectivity index (χ1v) is 48.4. The Bertz CT molecular complexity index is 7870. The number of nitrogens with zero attached hydrogens (tertiary/aromatic N) is 18. The monoisotopic (exact) mass is 1870 g/mol. The number of aryl methyl sites for hydroxylation is 1. The lowest BCUT2D eigenvalue weighted by Gasteiger charge is -2.37. The largest absolute Gasteiger partial charge is 0.422 e. The van der Waals surface area contributed by atoms with Crippen molar-refractivity contribution >= 4 is 148 Å². The highest BCUT2D eigenvalue weighted by Gasteiger charge is 2.26. The first-order valence-electron chi connectivity index (χ1n) is 44.9. The van der Waals surface area contributed by atoms with Crippen molar-refractivity contribution in [3.05, 3.63) is 280 Å². The number of rotatable bonds is 17. The zero-order chi connectivity index (χ0) is 92.5. The zero-order valence-corrected chi connectivity index (χ0v) is 79.5. The lowest BCUT2D eigenvalue weighted by atomic mass is 10.0. The SMILES string of the molecule is CC(C)NCc1ccc2cc(-c3cn4ccsc4n3)c(=O)oc2c1.CCN1CCN(c2ccc3cc(-c4cn5ccsc5n4)c(=O)oc3c2)CC1.CN(C)CCN(C)c1ccc2cc(-c3cn4ccsc4n3)c(=O)oc2c1.CN1CCCN(c2ccc3cc(-c4cn5ccsc5n4)c(=O)oc3c2)CC1.Cc1ccc2nc(-c3cc4ccc(N5CCCC(N(C)C)C5)cc4oc3=O)cn2c1. The second-order valence-corrected chi connectivity index (χ2v) is 38.5. The first-order chi connectivity index (χ1) is 65.0. The molecule has 1 atom stereocenters. The average Bonchev–Trinajstić information content (AvgIpc) is 1.71. The predicted octanol–water partition coefficient (Wildman–Crippen LogP) is 17.4. The molecule has 3 fully saturated rings. The molecule has 0 aliphatic carbocycles. The fraction of sp³-hybridized carbons (Fsp3) is 0.287. The average molecular weight is 1870 g/mol. The van der Waals surface area contributed by atoms with Gasteiger partial charge in [-0.05, 0) is 177 Å². The van der Waals surface area contributed by atoms with Gasteiger partial charge >= 0.3 is 28.1 Å². The van der Waals surface area contributed by atoms with Crippen LogP contribution < -0.4 is 53.0 Å². The number of nitrogens with one attached hydrogen (secondary N) is 1. The number of pyridine rings is 1. The number of fused-ring (bicyclic) bond motifs is 10. The maximum atomic E-state index is 12.8. The number of benzene rings is 5. The summed E-state index contributed by atoms with van der Waals surface area (Å²) in [6.07, 6.45) is 22.6. The molecule has 5 aromatic carbocycles. The van der Waals surface area contributed by atoms with Crippen LogP contribution in [0.4, 0.5) is 22.7 Å². The van der Waals surface area contributed by atoms with Crippen LogP contribution in [0.5, 0.6) is 0 Å². The maximum absolute atomic E-state index is 12.8. The number of thiazole rings is 4. The fourth-order valence-electron chi connectivity index (χ4n) is 17.1. The Morgan fingerprint density at radius 3 is 1.26 bits per heavy atom. The quantitative estimate of drug-likeness (QED) is 0.0829. The molecule has 0 spiro atoms. The molecule has 29 nitrogen and oxygen atoms in total. The molecular formula is C101H103N19O10S4. The summed E-state index contributed by atoms with van der Waals surface area (Å²) in [6, 6.07) is 44.6. The minimum Gasteiger partial charge on any atom is -0.422 e. The minimum atomic E-state index is -0.364. The Hall–Kier alpha value is -13.5. The summed E-state index contributed by atoms with van der Waals surface area (Å²) in [7, 11) is 12.6. The van der Waals surface area contributed by atoms with Gasteiger partial charge in [-0.2, -0.15) is 0 Å². The standard InChI is InChI=1S/C24H26N4O2.2C20H20N4O2S.C19H20N4O2S.C18H17N3O2S/c1-16-6-9-23-25-21(15-28(23)13-16)20-11-17-7-8-18(12-22(17)30-24(20)29)27-10-4-5-19(14-27)26(2)3;1-22-5-2-6-23(8-7-22)15-4-3-14-11-16(19(25)26-18(14)12-15)17-13-24-9-10-27-20(24)21-17;1-2-22-5-7-23(8-6-22)15-4-3-14-11-16(19(25)26-18(14)12-15)17-13-24-9-10-27-20(24)21-17;1-21(2)6-7-22(3)14-5-4-13-10-15(18(24)25-17(13)11-14)16-12-23-8-9-26-19(23)20-16;1-11(2)19-9-12-3-4-13-8-14(17(22)23-16(13)7-12)15-10-21-5-6-24-18(21)20-15/h6-9,11-13,15,19H,4-5,10,14H2,1-3H3;2*3-4,9-13H,2,5-8H2,1H3;4-5,8-12H,6-7H2,1-3H3;3-8,10-11,19H,9H2,1-2H3. The maximum Gasteiger partial charge on any atom is 0.345 e. The summed E-state index contributed by atoms with van der Waals surface area (Å²) in [5.74, 6) is 0. The second kappa shape index (κ2) is 39.0. The van der Waals surface area contributed by atoms with Gasteiger partial charge in [-0.15, -0.1) is 45.3 Å². The second-order valence-electron chi connectivity index (χ2n) is 35.0. The smallest absolute Gasteiger partial charge is 0.345 e. The molecule has 686 valence electrons. The van der Waals surface area contributed by atoms with Crippen molar-refractivity contribution in [1.82, 2.24) is 71.8 Å². The van der Waals surface area contributed by atoms with Gasteiger partial charge in [-0.3, -0.25) is 17.6 Å². The van der Waals surface area contributed by atoms with Crippen LogP contribution in [0, 0.1) is 6.92 Å². The summed E-state index contributed by atoms with van der Waals surface area (Å²) in [5.41, 5.74) is 14.4. The van der Waals surface area contributed by atoms with E-state index in [-0.39, 0.29) is 28.1 Å². The molecule has 0 amide bonds. The third-order valence-corrected chi connectivity index (χ3v) is 27.9. The number of hydrogen-bond donors (Lipinski definition) is 1. The Morgan fingerprint density at radius 1 is 0.418 bits per heavy atom. The molecule has 3 aliphatic rings. The number of anilines is 4. The van der Waals surface area contributed by atoms with Crippen LogP contribution in [0.15, 0.2) is 263 Å². The van der Waals surface area contributed by atoms with Crippen molar-refractivity contribution in [2.75, 3.05) is 147 Å². The minimum absolute atomic E-state index is 0.346. The van der Waals surface area contributed by atoms with Crippen molar-refractivity contribution in [1.29, 1.82) is 0 Å². The van der Waals surface area contributed by atoms with E-state index in [9.17, 15) is 24.0 Å². The third-order valence-electron chi connectivity index (χ3n) is 24.8. The molecular weight excluding hydrogens is 1770 g/mol. The molecule has 0 radical (unpaired) electrons. The van der Waals surface area contributed by atoms with E-state index < -0.39 is 0 Å². The summed E-state index contributed by atoms with van der Waals surface area (Å²) < 4.78 is 37.8. The summed E-state index contributed by atoms with van der Waals surface area (Å²) in [5, 5.41) is 15.7. The number of likely N-dealkylation sites (N-methyl/N-ethyl adjacent to an activating group) is 5. The van der Waals surface area contributed by atoms with E-state index in [2.05, 4.69) is 144 Å². The van der Waals surface area contributed by atoms with E-state index in [0.29, 0.717) is 96.3 Å². The van der Waals surface area contributed by atoms with Gasteiger partial charge in [0.25, 0.3) is 0 Å². The molecule has 15 aromatic heterocycles. The highest BCUT2D eigenvalue weighted by Crippen LogP contribution is 2.34. The van der Waals surface area contributed by atoms with Crippen LogP contribution in [0.25, 0.3) is 137 Å². The van der Waals surface area contributed by atoms with Crippen LogP contribution in [-0.4, -0.2) is 206 Å². The van der Waals surface area contributed by atoms with Crippen molar-refractivity contribution in [3.63, 3.8) is 0 Å². The van der Waals surface area contributed by atoms with E-state index in [1.165, 1.54) is 29.1 Å². The van der Waals surface area contributed by atoms with Crippen molar-refractivity contribution < 1.29 is 22.1 Å². The zero-order valence-electron chi connectivity index (χ0n) is 76.2. The Morgan fingerprint density at radius 2 is 0.821 bits per heavy atom. The summed E-state index contributed by atoms with van der Waals surface area (Å²) >= 11 is 6.15. The third kappa shape index (κ3) is 19.8. The van der Waals surface area contributed by atoms with Gasteiger partial charge in [-0.1, -0.05) is 39.0 Å². The molecule has 20 aromatic rings. The summed E-state index contributed by atoms with van der Waals surface area (Å²) in [4.78, 5) is 107. The van der Waals surface area contributed by atoms with Crippen molar-refractivity contribution in [2.24, 2.45) is 0 Å². The Balaban J connectivity index is 0.000000108. The van der Waals surface area contributed by atoms with Crippen LogP contribution in [0.3, 0.4) is 0 Å². The van der Waals surface area contributed by atoms with Gasteiger partial charge in [0, 0.05) is 255 Å². The predicted molar refractivity (Wildman–Crippen MR) is 541 cm³/mol. The number of imidazole rings is 5. The van der Waals surface area contributed by atoms with E-state index >= 15 is 0 Å². The van der Waals surface area contributed by atoms with Gasteiger partial charge in [0.15, 0.2) is 19.8 Å². The molecule has 3 saturated heterocycles. The number of piperazine rings is 1. The van der Waals surface area contributed by atoms with Crippen molar-refractivity contribution in [2.45, 2.75) is 65.6 Å². The Kier molecular flexibility index (Phi) is 26.1. The van der Waals surface area contributed by atoms with Gasteiger partial charge in [0.2, 0.25) is 0 Å². The van der Waals surface area contributed by atoms with Gasteiger partial charge in [-0.25, -0.2) is 48.9 Å². The van der Waals surface area contributed by atoms with Crippen LogP contribution in [-0.2, 0) is 6.54 Å². The van der Waals surface area contributed by atoms with Crippen LogP contribution in [0.1, 0.15) is 51.2 Å². The molecule has 33 heteroatoms. The normalized spacial score (nSPS) is 14.7. The van der Waals surface area contributed by atoms with E-state index in [4.69, 9.17) is 22.1 Å². The van der Waals surface area contributed by atoms with E-state index in [0.717, 1.165) is 191 Å². The summed E-state index contributed by atoms with van der Waals surface area (Å²) in [6.45, 7) is 22.4. The molecule has 1 N–H and O–H groups in total. The highest BCUT2D eigenvalue weighted by atomic mass is 32.1. The highest BCUT2D eigenvalue weighted by molar-refractivity contribution is 7.16. The molecule has 3 aliphatic heterocycles. The van der Waals surface area contributed by atoms with Gasteiger partial charge < -0.3 is 71.0 Å². The lowest BCUT2D eigenvalue weighted by molar-refractivity contribution is 0.258. The van der Waals surface area contributed by atoms with Crippen LogP contribution >= 0.6 is 45.3 Å². The van der Waals surface area contributed by atoms with E-state index in [1.54, 1.807) is 22.7 Å². The number of aromatic nitrogens is 10. The molecule has 23 rings (SSSR count). The number of hydrogen-bond acceptors (Lipinski definition) is 28. The lowest BCUT2D eigenvalue weighted by Crippen LogP contribution is -2.46. The topological polar surface area (TPSA) is 276 Å². The molecule has 0 bridgehead atoms. The first kappa shape index (κ1) is 89.7. The van der Waals surface area contributed by atoms with E-state index in [1.807, 2.05) is 235 Å². The molecule has 0 saturated carbocycles. The van der Waals surface area contributed by atoms with Crippen LogP contribution in [0.2, 0.25) is 0 Å². The van der Waals surface area contributed by atoms with Gasteiger partial charge in [0.1, 0.15) is 33.6 Å². The molecule has 1 unspecified atom stereocenters. The molecule has 18 heterocycles. The number of piperidine rings is 1. The Labute approximate surface area is 786 Å². The fourth-order valence-corrected chi connectivity index (χ4v) is 19.9. The molecule has 134 heavy (non-hydrogen) atoms. The van der Waals surface area contributed by atoms with Gasteiger partial charge in [0.05, 0.1) is 56.3 Å². The van der Waals surface area contributed by atoms with Crippen molar-refractivity contribution in [3.8, 4) is 56.3 Å².